The Hall–Kier alpha value is -3.87. The van der Waals surface area contributed by atoms with Crippen LogP contribution in [-0.4, -0.2) is 27.3 Å². The lowest BCUT2D eigenvalue weighted by atomic mass is 10.1. The second-order valence-corrected chi connectivity index (χ2v) is 6.84. The van der Waals surface area contributed by atoms with Gasteiger partial charge in [0, 0.05) is 18.4 Å². The van der Waals surface area contributed by atoms with Crippen LogP contribution in [0.2, 0.25) is 0 Å². The first-order valence-corrected chi connectivity index (χ1v) is 9.13. The van der Waals surface area contributed by atoms with E-state index in [-0.39, 0.29) is 12.1 Å². The number of carbonyl (C=O) groups excluding carboxylic acids is 3. The second-order valence-electron chi connectivity index (χ2n) is 6.84. The zero-order valence-electron chi connectivity index (χ0n) is 15.8. The maximum atomic E-state index is 12.8. The lowest BCUT2D eigenvalue weighted by molar-refractivity contribution is -0.130. The number of nitrogens with one attached hydrogen (secondary N) is 1. The summed E-state index contributed by atoms with van der Waals surface area (Å²) in [7, 11) is 0. The fraction of sp³-hybridized carbons (Fsp3) is 0.136. The van der Waals surface area contributed by atoms with Crippen LogP contribution in [-0.2, 0) is 22.7 Å². The van der Waals surface area contributed by atoms with E-state index < -0.39 is 17.8 Å². The lowest BCUT2D eigenvalue weighted by Gasteiger charge is -2.25. The molecule has 3 heterocycles. The van der Waals surface area contributed by atoms with Crippen LogP contribution < -0.4 is 5.32 Å². The van der Waals surface area contributed by atoms with Crippen molar-refractivity contribution in [1.29, 1.82) is 0 Å². The van der Waals surface area contributed by atoms with E-state index in [2.05, 4.69) is 11.4 Å². The van der Waals surface area contributed by atoms with E-state index >= 15 is 0 Å². The van der Waals surface area contributed by atoms with Gasteiger partial charge in [-0.2, -0.15) is 0 Å². The van der Waals surface area contributed by atoms with Gasteiger partial charge in [0.2, 0.25) is 0 Å². The van der Waals surface area contributed by atoms with E-state index in [0.29, 0.717) is 18.0 Å². The Kier molecular flexibility index (Phi) is 4.87. The Morgan fingerprint density at radius 3 is 2.66 bits per heavy atom. The minimum atomic E-state index is -0.760. The second kappa shape index (κ2) is 7.63. The standard InChI is InChI=1S/C22H19N3O4/c1-15-5-2-6-16(11-15)13-24-9-3-7-17(24)12-19-20(26)23-22(28)25(21(19)27)14-18-8-4-10-29-18/h2-12H,13-14H2,1H3,(H,23,26,28)/b19-12+. The van der Waals surface area contributed by atoms with Gasteiger partial charge < -0.3 is 8.98 Å². The molecule has 2 aromatic heterocycles. The monoisotopic (exact) mass is 389 g/mol. The number of aryl methyl sites for hydroxylation is 1. The van der Waals surface area contributed by atoms with Crippen molar-refractivity contribution >= 4 is 23.9 Å². The molecule has 1 fully saturated rings. The first-order valence-electron chi connectivity index (χ1n) is 9.13. The van der Waals surface area contributed by atoms with Crippen molar-refractivity contribution in [3.8, 4) is 0 Å². The number of barbiturate groups is 1. The van der Waals surface area contributed by atoms with Crippen LogP contribution >= 0.6 is 0 Å². The summed E-state index contributed by atoms with van der Waals surface area (Å²) in [6.07, 6.45) is 4.85. The van der Waals surface area contributed by atoms with E-state index in [9.17, 15) is 14.4 Å². The van der Waals surface area contributed by atoms with Crippen molar-refractivity contribution in [3.05, 3.63) is 89.1 Å². The van der Waals surface area contributed by atoms with Crippen LogP contribution in [0.15, 0.2) is 71.0 Å². The van der Waals surface area contributed by atoms with Gasteiger partial charge in [-0.25, -0.2) is 4.79 Å². The van der Waals surface area contributed by atoms with Gasteiger partial charge in [0.15, 0.2) is 0 Å². The summed E-state index contributed by atoms with van der Waals surface area (Å²) < 4.78 is 7.15. The maximum absolute atomic E-state index is 12.8. The van der Waals surface area contributed by atoms with Gasteiger partial charge in [0.1, 0.15) is 11.3 Å². The topological polar surface area (TPSA) is 84.6 Å². The lowest BCUT2D eigenvalue weighted by Crippen LogP contribution is -2.53. The third kappa shape index (κ3) is 3.89. The van der Waals surface area contributed by atoms with Gasteiger partial charge in [-0.1, -0.05) is 29.8 Å². The molecule has 4 amide bonds. The molecule has 1 saturated heterocycles. The van der Waals surface area contributed by atoms with Crippen LogP contribution in [0.4, 0.5) is 4.79 Å². The summed E-state index contributed by atoms with van der Waals surface area (Å²) in [6, 6.07) is 14.3. The van der Waals surface area contributed by atoms with Gasteiger partial charge in [-0.15, -0.1) is 0 Å². The minimum Gasteiger partial charge on any atom is -0.467 e. The molecule has 146 valence electrons. The molecule has 1 aromatic carbocycles. The zero-order chi connectivity index (χ0) is 20.4. The highest BCUT2D eigenvalue weighted by atomic mass is 16.3. The first-order chi connectivity index (χ1) is 14.0. The van der Waals surface area contributed by atoms with Crippen molar-refractivity contribution < 1.29 is 18.8 Å². The highest BCUT2D eigenvalue weighted by molar-refractivity contribution is 6.30. The SMILES string of the molecule is Cc1cccc(Cn2cccc2/C=C2\C(=O)NC(=O)N(Cc3ccco3)C2=O)c1. The average Bonchev–Trinajstić information content (AvgIpc) is 3.34. The molecule has 4 rings (SSSR count). The van der Waals surface area contributed by atoms with Crippen LogP contribution in [0.25, 0.3) is 6.08 Å². The minimum absolute atomic E-state index is 0.0490. The number of aromatic nitrogens is 1. The van der Waals surface area contributed by atoms with E-state index in [1.54, 1.807) is 12.1 Å². The highest BCUT2D eigenvalue weighted by Gasteiger charge is 2.36. The van der Waals surface area contributed by atoms with E-state index in [1.807, 2.05) is 48.0 Å². The van der Waals surface area contributed by atoms with Gasteiger partial charge in [-0.05, 0) is 42.8 Å². The number of imide groups is 2. The third-order valence-electron chi connectivity index (χ3n) is 4.67. The van der Waals surface area contributed by atoms with Gasteiger partial charge >= 0.3 is 6.03 Å². The molecule has 1 N–H and O–H groups in total. The predicted molar refractivity (Wildman–Crippen MR) is 105 cm³/mol. The number of furan rings is 1. The number of urea groups is 1. The molecule has 0 aliphatic carbocycles. The molecule has 0 radical (unpaired) electrons. The Labute approximate surface area is 167 Å². The normalized spacial score (nSPS) is 15.8. The van der Waals surface area contributed by atoms with Crippen LogP contribution in [0, 0.1) is 6.92 Å². The fourth-order valence-electron chi connectivity index (χ4n) is 3.25. The smallest absolute Gasteiger partial charge is 0.331 e. The molecule has 0 saturated carbocycles. The molecule has 1 aliphatic heterocycles. The number of amides is 4. The summed E-state index contributed by atoms with van der Waals surface area (Å²) in [6.45, 7) is 2.57. The van der Waals surface area contributed by atoms with Crippen molar-refractivity contribution in [2.45, 2.75) is 20.0 Å². The first kappa shape index (κ1) is 18.5. The van der Waals surface area contributed by atoms with Crippen molar-refractivity contribution in [3.63, 3.8) is 0 Å². The van der Waals surface area contributed by atoms with E-state index in [0.717, 1.165) is 16.0 Å². The van der Waals surface area contributed by atoms with Gasteiger partial charge in [0.05, 0.1) is 12.8 Å². The summed E-state index contributed by atoms with van der Waals surface area (Å²) in [5.41, 5.74) is 2.86. The summed E-state index contributed by atoms with van der Waals surface area (Å²) in [5, 5.41) is 2.22. The molecule has 0 atom stereocenters. The molecule has 3 aromatic rings. The maximum Gasteiger partial charge on any atom is 0.331 e. The van der Waals surface area contributed by atoms with Crippen molar-refractivity contribution in [2.24, 2.45) is 0 Å². The Morgan fingerprint density at radius 2 is 1.90 bits per heavy atom. The predicted octanol–water partition coefficient (Wildman–Crippen LogP) is 3.10. The van der Waals surface area contributed by atoms with Gasteiger partial charge in [0.25, 0.3) is 11.8 Å². The van der Waals surface area contributed by atoms with Crippen LogP contribution in [0.1, 0.15) is 22.6 Å². The number of benzene rings is 1. The molecule has 0 unspecified atom stereocenters. The zero-order valence-corrected chi connectivity index (χ0v) is 15.8. The third-order valence-corrected chi connectivity index (χ3v) is 4.67. The van der Waals surface area contributed by atoms with E-state index in [4.69, 9.17) is 4.42 Å². The fourth-order valence-corrected chi connectivity index (χ4v) is 3.25. The Bertz CT molecular complexity index is 1110. The van der Waals surface area contributed by atoms with Crippen molar-refractivity contribution in [1.82, 2.24) is 14.8 Å². The Balaban J connectivity index is 1.61. The van der Waals surface area contributed by atoms with E-state index in [1.165, 1.54) is 12.3 Å². The average molecular weight is 389 g/mol. The molecule has 7 heteroatoms. The molecule has 7 nitrogen and oxygen atoms in total. The molecule has 0 bridgehead atoms. The highest BCUT2D eigenvalue weighted by Crippen LogP contribution is 2.18. The quantitative estimate of drug-likeness (QED) is 0.537. The molecule has 0 spiro atoms. The van der Waals surface area contributed by atoms with Crippen LogP contribution in [0.5, 0.6) is 0 Å². The number of hydrogen-bond donors (Lipinski definition) is 1. The molecule has 1 aliphatic rings. The summed E-state index contributed by atoms with van der Waals surface area (Å²) in [5.74, 6) is -0.914. The number of hydrogen-bond acceptors (Lipinski definition) is 4. The molecule has 29 heavy (non-hydrogen) atoms. The van der Waals surface area contributed by atoms with Gasteiger partial charge in [-0.3, -0.25) is 19.8 Å². The largest absolute Gasteiger partial charge is 0.467 e. The van der Waals surface area contributed by atoms with Crippen molar-refractivity contribution in [2.75, 3.05) is 0 Å². The molecular weight excluding hydrogens is 370 g/mol. The van der Waals surface area contributed by atoms with Crippen LogP contribution in [0.3, 0.4) is 0 Å². The number of nitrogens with zero attached hydrogens (tertiary/aromatic N) is 2. The summed E-state index contributed by atoms with van der Waals surface area (Å²) >= 11 is 0. The Morgan fingerprint density at radius 1 is 1.03 bits per heavy atom. The molecular formula is C22H19N3O4. The number of rotatable bonds is 5. The summed E-state index contributed by atoms with van der Waals surface area (Å²) in [4.78, 5) is 38.2. The number of carbonyl (C=O) groups is 3.